The van der Waals surface area contributed by atoms with Crippen molar-refractivity contribution in [2.75, 3.05) is 14.2 Å². The average molecular weight is 365 g/mol. The molecule has 0 bridgehead atoms. The highest BCUT2D eigenvalue weighted by molar-refractivity contribution is 7.89. The lowest BCUT2D eigenvalue weighted by atomic mass is 10.1. The quantitative estimate of drug-likeness (QED) is 0.812. The Morgan fingerprint density at radius 2 is 1.92 bits per heavy atom. The van der Waals surface area contributed by atoms with E-state index in [2.05, 4.69) is 0 Å². The minimum atomic E-state index is -3.79. The second kappa shape index (κ2) is 7.22. The Morgan fingerprint density at radius 1 is 1.25 bits per heavy atom. The zero-order valence-electron chi connectivity index (χ0n) is 13.5. The van der Waals surface area contributed by atoms with Gasteiger partial charge in [-0.2, -0.15) is 9.57 Å². The molecule has 24 heavy (non-hydrogen) atoms. The highest BCUT2D eigenvalue weighted by atomic mass is 35.5. The molecule has 0 saturated carbocycles. The first kappa shape index (κ1) is 18.3. The molecule has 2 aromatic rings. The number of sulfonamides is 1. The van der Waals surface area contributed by atoms with Gasteiger partial charge in [-0.05, 0) is 31.2 Å². The molecule has 1 atom stereocenters. The number of rotatable bonds is 5. The van der Waals surface area contributed by atoms with Crippen LogP contribution in [0.4, 0.5) is 0 Å². The predicted molar refractivity (Wildman–Crippen MR) is 92.5 cm³/mol. The van der Waals surface area contributed by atoms with Crippen LogP contribution >= 0.6 is 11.6 Å². The third-order valence-corrected chi connectivity index (χ3v) is 6.12. The van der Waals surface area contributed by atoms with Crippen LogP contribution in [0.2, 0.25) is 5.02 Å². The third-order valence-electron chi connectivity index (χ3n) is 3.87. The normalized spacial score (nSPS) is 12.7. The molecule has 5 nitrogen and oxygen atoms in total. The number of benzene rings is 2. The molecule has 0 saturated heterocycles. The lowest BCUT2D eigenvalue weighted by Crippen LogP contribution is -2.30. The molecule has 0 spiro atoms. The molecule has 0 amide bonds. The first-order valence-electron chi connectivity index (χ1n) is 7.13. The van der Waals surface area contributed by atoms with Crippen LogP contribution in [-0.4, -0.2) is 26.9 Å². The van der Waals surface area contributed by atoms with Crippen LogP contribution in [0.1, 0.15) is 24.1 Å². The van der Waals surface area contributed by atoms with E-state index in [1.165, 1.54) is 29.6 Å². The van der Waals surface area contributed by atoms with Crippen molar-refractivity contribution in [1.29, 1.82) is 5.26 Å². The van der Waals surface area contributed by atoms with Gasteiger partial charge in [0.2, 0.25) is 10.0 Å². The van der Waals surface area contributed by atoms with Gasteiger partial charge in [0.25, 0.3) is 0 Å². The van der Waals surface area contributed by atoms with E-state index in [4.69, 9.17) is 21.6 Å². The minimum absolute atomic E-state index is 0.0210. The van der Waals surface area contributed by atoms with Crippen LogP contribution in [0.25, 0.3) is 0 Å². The van der Waals surface area contributed by atoms with Gasteiger partial charge in [-0.3, -0.25) is 0 Å². The summed E-state index contributed by atoms with van der Waals surface area (Å²) in [5.41, 5.74) is 0.872. The van der Waals surface area contributed by atoms with E-state index in [1.54, 1.807) is 20.1 Å². The summed E-state index contributed by atoms with van der Waals surface area (Å²) in [4.78, 5) is 0.0210. The Labute approximate surface area is 147 Å². The highest BCUT2D eigenvalue weighted by Gasteiger charge is 2.28. The van der Waals surface area contributed by atoms with Crippen molar-refractivity contribution in [2.24, 2.45) is 0 Å². The zero-order valence-corrected chi connectivity index (χ0v) is 15.1. The summed E-state index contributed by atoms with van der Waals surface area (Å²) in [6, 6.07) is 12.8. The molecule has 0 heterocycles. The van der Waals surface area contributed by atoms with Gasteiger partial charge in [-0.1, -0.05) is 29.8 Å². The summed E-state index contributed by atoms with van der Waals surface area (Å²) >= 11 is 5.88. The number of hydrogen-bond acceptors (Lipinski definition) is 4. The number of methoxy groups -OCH3 is 1. The standard InChI is InChI=1S/C17H17ClN2O3S/c1-12(15-6-4-5-7-17(15)23-3)20(2)24(21,22)14-8-9-16(18)13(10-14)11-19/h4-10,12H,1-3H3. The molecule has 126 valence electrons. The van der Waals surface area contributed by atoms with Gasteiger partial charge in [0.05, 0.1) is 28.6 Å². The van der Waals surface area contributed by atoms with E-state index in [9.17, 15) is 8.42 Å². The molecule has 1 unspecified atom stereocenters. The van der Waals surface area contributed by atoms with Crippen LogP contribution in [-0.2, 0) is 10.0 Å². The van der Waals surface area contributed by atoms with Crippen molar-refractivity contribution in [2.45, 2.75) is 17.9 Å². The second-order valence-electron chi connectivity index (χ2n) is 5.19. The van der Waals surface area contributed by atoms with Gasteiger partial charge in [0, 0.05) is 12.6 Å². The summed E-state index contributed by atoms with van der Waals surface area (Å²) in [7, 11) is -0.759. The topological polar surface area (TPSA) is 70.4 Å². The number of nitriles is 1. The lowest BCUT2D eigenvalue weighted by Gasteiger charge is -2.26. The number of nitrogens with zero attached hydrogens (tertiary/aromatic N) is 2. The summed E-state index contributed by atoms with van der Waals surface area (Å²) < 4.78 is 32.3. The second-order valence-corrected chi connectivity index (χ2v) is 7.60. The Kier molecular flexibility index (Phi) is 5.50. The molecular weight excluding hydrogens is 348 g/mol. The number of hydrogen-bond donors (Lipinski definition) is 0. The van der Waals surface area contributed by atoms with Crippen LogP contribution in [0.3, 0.4) is 0 Å². The van der Waals surface area contributed by atoms with Crippen molar-refractivity contribution >= 4 is 21.6 Å². The zero-order chi connectivity index (χ0) is 17.9. The smallest absolute Gasteiger partial charge is 0.243 e. The van der Waals surface area contributed by atoms with Gasteiger partial charge in [0.1, 0.15) is 11.8 Å². The van der Waals surface area contributed by atoms with E-state index < -0.39 is 16.1 Å². The summed E-state index contributed by atoms with van der Waals surface area (Å²) in [6.07, 6.45) is 0. The lowest BCUT2D eigenvalue weighted by molar-refractivity contribution is 0.367. The van der Waals surface area contributed by atoms with Crippen LogP contribution in [0.5, 0.6) is 5.75 Å². The largest absolute Gasteiger partial charge is 0.496 e. The SMILES string of the molecule is COc1ccccc1C(C)N(C)S(=O)(=O)c1ccc(Cl)c(C#N)c1. The molecule has 0 fully saturated rings. The number of para-hydroxylation sites is 1. The van der Waals surface area contributed by atoms with Crippen molar-refractivity contribution in [3.8, 4) is 11.8 Å². The number of halogens is 1. The van der Waals surface area contributed by atoms with Crippen molar-refractivity contribution in [3.05, 3.63) is 58.6 Å². The molecule has 0 N–H and O–H groups in total. The summed E-state index contributed by atoms with van der Waals surface area (Å²) in [5.74, 6) is 0.612. The molecule has 7 heteroatoms. The van der Waals surface area contributed by atoms with E-state index in [0.29, 0.717) is 5.75 Å². The fourth-order valence-corrected chi connectivity index (χ4v) is 3.86. The third kappa shape index (κ3) is 3.39. The Balaban J connectivity index is 2.44. The first-order chi connectivity index (χ1) is 11.3. The van der Waals surface area contributed by atoms with Gasteiger partial charge in [-0.15, -0.1) is 0 Å². The fraction of sp³-hybridized carbons (Fsp3) is 0.235. The molecule has 0 aliphatic carbocycles. The summed E-state index contributed by atoms with van der Waals surface area (Å²) in [5, 5.41) is 9.26. The first-order valence-corrected chi connectivity index (χ1v) is 8.95. The van der Waals surface area contributed by atoms with Crippen molar-refractivity contribution < 1.29 is 13.2 Å². The van der Waals surface area contributed by atoms with E-state index in [0.717, 1.165) is 5.56 Å². The summed E-state index contributed by atoms with van der Waals surface area (Å²) in [6.45, 7) is 1.77. The Hall–Kier alpha value is -2.07. The molecule has 0 aliphatic rings. The molecule has 2 rings (SSSR count). The van der Waals surface area contributed by atoms with Crippen LogP contribution in [0.15, 0.2) is 47.4 Å². The average Bonchev–Trinajstić information content (AvgIpc) is 2.60. The minimum Gasteiger partial charge on any atom is -0.496 e. The van der Waals surface area contributed by atoms with Crippen LogP contribution in [0, 0.1) is 11.3 Å². The predicted octanol–water partition coefficient (Wildman–Crippen LogP) is 3.60. The van der Waals surface area contributed by atoms with Crippen molar-refractivity contribution in [1.82, 2.24) is 4.31 Å². The monoisotopic (exact) mass is 364 g/mol. The van der Waals surface area contributed by atoms with Gasteiger partial charge in [0.15, 0.2) is 0 Å². The van der Waals surface area contributed by atoms with E-state index in [1.807, 2.05) is 24.3 Å². The maximum Gasteiger partial charge on any atom is 0.243 e. The molecule has 0 aromatic heterocycles. The van der Waals surface area contributed by atoms with Crippen molar-refractivity contribution in [3.63, 3.8) is 0 Å². The molecule has 0 aliphatic heterocycles. The maximum absolute atomic E-state index is 12.9. The van der Waals surface area contributed by atoms with Crippen LogP contribution < -0.4 is 4.74 Å². The van der Waals surface area contributed by atoms with E-state index >= 15 is 0 Å². The fourth-order valence-electron chi connectivity index (χ4n) is 2.33. The maximum atomic E-state index is 12.9. The number of ether oxygens (including phenoxy) is 1. The Morgan fingerprint density at radius 3 is 2.54 bits per heavy atom. The molecule has 2 aromatic carbocycles. The van der Waals surface area contributed by atoms with Gasteiger partial charge < -0.3 is 4.74 Å². The molecular formula is C17H17ClN2O3S. The van der Waals surface area contributed by atoms with Gasteiger partial charge in [-0.25, -0.2) is 8.42 Å². The van der Waals surface area contributed by atoms with E-state index in [-0.39, 0.29) is 15.5 Å². The molecule has 0 radical (unpaired) electrons. The Bertz CT molecular complexity index is 891. The van der Waals surface area contributed by atoms with Gasteiger partial charge >= 0.3 is 0 Å². The highest BCUT2D eigenvalue weighted by Crippen LogP contribution is 2.32.